The molecular weight excluding hydrogens is 264 g/mol. The molecule has 0 aromatic heterocycles. The molecule has 1 heterocycles. The first kappa shape index (κ1) is 11.5. The second-order valence-corrected chi connectivity index (χ2v) is 7.28. The number of hydrogen-bond donors (Lipinski definition) is 0. The molecule has 1 spiro atoms. The lowest BCUT2D eigenvalue weighted by atomic mass is 9.67. The maximum absolute atomic E-state index is 6.04. The van der Waals surface area contributed by atoms with Gasteiger partial charge in [0.2, 0.25) is 0 Å². The molecule has 0 aromatic rings. The zero-order valence-corrected chi connectivity index (χ0v) is 11.7. The van der Waals surface area contributed by atoms with Crippen LogP contribution in [0, 0.1) is 11.8 Å². The van der Waals surface area contributed by atoms with Gasteiger partial charge in [0.05, 0.1) is 5.60 Å². The molecule has 0 radical (unpaired) electrons. The molecule has 16 heavy (non-hydrogen) atoms. The second-order valence-electron chi connectivity index (χ2n) is 6.10. The fraction of sp³-hybridized carbons (Fsp3) is 1.00. The van der Waals surface area contributed by atoms with E-state index in [-0.39, 0.29) is 0 Å². The van der Waals surface area contributed by atoms with E-state index in [4.69, 9.17) is 4.74 Å². The summed E-state index contributed by atoms with van der Waals surface area (Å²) in [6.07, 6.45) is 12.5. The molecule has 0 N–H and O–H groups in total. The van der Waals surface area contributed by atoms with Crippen LogP contribution in [0.4, 0.5) is 0 Å². The summed E-state index contributed by atoms with van der Waals surface area (Å²) >= 11 is 3.93. The molecule has 3 atom stereocenters. The van der Waals surface area contributed by atoms with Gasteiger partial charge in [0.15, 0.2) is 0 Å². The normalized spacial score (nSPS) is 42.9. The molecule has 2 heteroatoms. The molecule has 2 aliphatic carbocycles. The molecule has 3 rings (SSSR count). The van der Waals surface area contributed by atoms with E-state index in [2.05, 4.69) is 15.9 Å². The van der Waals surface area contributed by atoms with E-state index in [1.54, 1.807) is 0 Å². The predicted octanol–water partition coefficient (Wildman–Crippen LogP) is 4.29. The molecule has 0 aromatic carbocycles. The summed E-state index contributed by atoms with van der Waals surface area (Å²) in [6, 6.07) is 0. The average Bonchev–Trinajstić information content (AvgIpc) is 2.28. The third kappa shape index (κ3) is 2.08. The van der Waals surface area contributed by atoms with Crippen molar-refractivity contribution in [2.45, 2.75) is 68.2 Å². The highest BCUT2D eigenvalue weighted by Gasteiger charge is 2.45. The van der Waals surface area contributed by atoms with Gasteiger partial charge in [-0.3, -0.25) is 0 Å². The first-order valence-electron chi connectivity index (χ1n) is 7.07. The summed E-state index contributed by atoms with van der Waals surface area (Å²) < 4.78 is 6.04. The Hall–Kier alpha value is 0.440. The lowest BCUT2D eigenvalue weighted by Gasteiger charge is -2.50. The van der Waals surface area contributed by atoms with E-state index in [0.29, 0.717) is 5.60 Å². The molecule has 1 aliphatic heterocycles. The first-order chi connectivity index (χ1) is 7.79. The van der Waals surface area contributed by atoms with E-state index in [1.165, 1.54) is 57.8 Å². The van der Waals surface area contributed by atoms with Crippen molar-refractivity contribution < 1.29 is 4.74 Å². The second kappa shape index (κ2) is 4.61. The van der Waals surface area contributed by atoms with Gasteiger partial charge in [0.25, 0.3) is 0 Å². The van der Waals surface area contributed by atoms with Gasteiger partial charge in [-0.15, -0.1) is 0 Å². The van der Waals surface area contributed by atoms with Gasteiger partial charge in [0, 0.05) is 11.4 Å². The maximum Gasteiger partial charge on any atom is 0.0685 e. The van der Waals surface area contributed by atoms with Crippen molar-refractivity contribution in [3.8, 4) is 0 Å². The van der Waals surface area contributed by atoms with Crippen LogP contribution in [0.5, 0.6) is 0 Å². The third-order valence-electron chi connectivity index (χ3n) is 5.13. The quantitative estimate of drug-likeness (QED) is 0.654. The van der Waals surface area contributed by atoms with Crippen LogP contribution in [0.2, 0.25) is 0 Å². The van der Waals surface area contributed by atoms with E-state index >= 15 is 0 Å². The number of halogens is 1. The van der Waals surface area contributed by atoms with Gasteiger partial charge in [-0.05, 0) is 56.8 Å². The van der Waals surface area contributed by atoms with Gasteiger partial charge < -0.3 is 4.74 Å². The smallest absolute Gasteiger partial charge is 0.0685 e. The molecule has 3 unspecified atom stereocenters. The molecule has 0 bridgehead atoms. The summed E-state index contributed by atoms with van der Waals surface area (Å²) in [5.41, 5.74) is 0.340. The van der Waals surface area contributed by atoms with Crippen molar-refractivity contribution in [2.24, 2.45) is 11.8 Å². The van der Waals surface area contributed by atoms with Crippen LogP contribution < -0.4 is 0 Å². The molecular formula is C14H23BrO. The van der Waals surface area contributed by atoms with Crippen molar-refractivity contribution in [3.63, 3.8) is 0 Å². The number of alkyl halides is 1. The standard InChI is InChI=1S/C14H23BrO/c15-13-5-2-1-4-12(13)11-6-9-16-14(10-11)7-3-8-14/h11-13H,1-10H2. The summed E-state index contributed by atoms with van der Waals surface area (Å²) in [4.78, 5) is 0.793. The molecule has 1 nitrogen and oxygen atoms in total. The Morgan fingerprint density at radius 2 is 1.81 bits per heavy atom. The first-order valence-corrected chi connectivity index (χ1v) is 7.99. The summed E-state index contributed by atoms with van der Waals surface area (Å²) in [6.45, 7) is 1.03. The van der Waals surface area contributed by atoms with E-state index in [1.807, 2.05) is 0 Å². The fourth-order valence-corrected chi connectivity index (χ4v) is 5.02. The SMILES string of the molecule is BrC1CCCCC1C1CCOC2(CCC2)C1. The molecule has 1 saturated heterocycles. The molecule has 2 saturated carbocycles. The van der Waals surface area contributed by atoms with Gasteiger partial charge in [0.1, 0.15) is 0 Å². The van der Waals surface area contributed by atoms with E-state index in [0.717, 1.165) is 23.3 Å². The topological polar surface area (TPSA) is 9.23 Å². The minimum Gasteiger partial charge on any atom is -0.375 e. The molecule has 3 fully saturated rings. The average molecular weight is 287 g/mol. The van der Waals surface area contributed by atoms with E-state index < -0.39 is 0 Å². The molecule has 92 valence electrons. The Labute approximate surface area is 107 Å². The van der Waals surface area contributed by atoms with Crippen LogP contribution >= 0.6 is 15.9 Å². The summed E-state index contributed by atoms with van der Waals surface area (Å²) in [7, 11) is 0. The van der Waals surface area contributed by atoms with Crippen LogP contribution in [-0.4, -0.2) is 17.0 Å². The van der Waals surface area contributed by atoms with Crippen LogP contribution in [0.3, 0.4) is 0 Å². The number of hydrogen-bond acceptors (Lipinski definition) is 1. The van der Waals surface area contributed by atoms with Crippen LogP contribution in [0.15, 0.2) is 0 Å². The van der Waals surface area contributed by atoms with Gasteiger partial charge in [-0.2, -0.15) is 0 Å². The predicted molar refractivity (Wildman–Crippen MR) is 69.9 cm³/mol. The fourth-order valence-electron chi connectivity index (χ4n) is 4.00. The van der Waals surface area contributed by atoms with Crippen molar-refractivity contribution in [1.82, 2.24) is 0 Å². The monoisotopic (exact) mass is 286 g/mol. The zero-order chi connectivity index (χ0) is 11.0. The Morgan fingerprint density at radius 3 is 2.50 bits per heavy atom. The number of ether oxygens (including phenoxy) is 1. The van der Waals surface area contributed by atoms with Crippen molar-refractivity contribution in [2.75, 3.05) is 6.61 Å². The molecule has 0 amide bonds. The highest BCUT2D eigenvalue weighted by atomic mass is 79.9. The lowest BCUT2D eigenvalue weighted by Crippen LogP contribution is -2.48. The van der Waals surface area contributed by atoms with E-state index in [9.17, 15) is 0 Å². The Balaban J connectivity index is 1.64. The van der Waals surface area contributed by atoms with Crippen molar-refractivity contribution >= 4 is 15.9 Å². The lowest BCUT2D eigenvalue weighted by molar-refractivity contribution is -0.151. The van der Waals surface area contributed by atoms with Crippen molar-refractivity contribution in [3.05, 3.63) is 0 Å². The van der Waals surface area contributed by atoms with Crippen LogP contribution in [0.25, 0.3) is 0 Å². The van der Waals surface area contributed by atoms with Gasteiger partial charge in [-0.25, -0.2) is 0 Å². The Morgan fingerprint density at radius 1 is 1.00 bits per heavy atom. The minimum absolute atomic E-state index is 0.340. The maximum atomic E-state index is 6.04. The summed E-state index contributed by atoms with van der Waals surface area (Å²) in [5, 5.41) is 0. The largest absolute Gasteiger partial charge is 0.375 e. The summed E-state index contributed by atoms with van der Waals surface area (Å²) in [5.74, 6) is 1.88. The highest BCUT2D eigenvalue weighted by Crippen LogP contribution is 2.49. The van der Waals surface area contributed by atoms with Crippen LogP contribution in [0.1, 0.15) is 57.8 Å². The third-order valence-corrected chi connectivity index (χ3v) is 6.27. The van der Waals surface area contributed by atoms with Gasteiger partial charge >= 0.3 is 0 Å². The Bertz CT molecular complexity index is 249. The Kier molecular flexibility index (Phi) is 3.32. The van der Waals surface area contributed by atoms with Crippen LogP contribution in [-0.2, 0) is 4.74 Å². The van der Waals surface area contributed by atoms with Gasteiger partial charge in [-0.1, -0.05) is 28.8 Å². The number of rotatable bonds is 1. The minimum atomic E-state index is 0.340. The highest BCUT2D eigenvalue weighted by molar-refractivity contribution is 9.09. The van der Waals surface area contributed by atoms with Crippen molar-refractivity contribution in [1.29, 1.82) is 0 Å². The molecule has 3 aliphatic rings. The zero-order valence-electron chi connectivity index (χ0n) is 10.1.